The zero-order chi connectivity index (χ0) is 25.9. The molecule has 3 aromatic rings. The number of hydrogen-bond donors (Lipinski definition) is 2. The van der Waals surface area contributed by atoms with Crippen molar-refractivity contribution in [3.8, 4) is 22.6 Å². The summed E-state index contributed by atoms with van der Waals surface area (Å²) in [4.78, 5) is 17.0. The predicted molar refractivity (Wildman–Crippen MR) is 147 cm³/mol. The molecule has 1 heterocycles. The van der Waals surface area contributed by atoms with Gasteiger partial charge < -0.3 is 20.3 Å². The molecule has 36 heavy (non-hydrogen) atoms. The van der Waals surface area contributed by atoms with Gasteiger partial charge in [-0.3, -0.25) is 4.98 Å². The van der Waals surface area contributed by atoms with Gasteiger partial charge in [-0.1, -0.05) is 43.7 Å². The van der Waals surface area contributed by atoms with Gasteiger partial charge in [0, 0.05) is 23.5 Å². The maximum absolute atomic E-state index is 12.0. The van der Waals surface area contributed by atoms with Crippen molar-refractivity contribution in [2.75, 3.05) is 7.11 Å². The Morgan fingerprint density at radius 3 is 2.22 bits per heavy atom. The number of ether oxygens (including phenoxy) is 2. The van der Waals surface area contributed by atoms with Gasteiger partial charge in [-0.05, 0) is 73.9 Å². The van der Waals surface area contributed by atoms with E-state index in [9.17, 15) is 9.90 Å². The standard InChI is InChI=1S/C29H36N2O4.ClH/c1-16(2)12-25-23(14-30)26(21-10-8-17(3)9-11-21)24(20(6)31-25)15-35-28-22(29(32)33)13-18(4)19(5)27(28)34-7;/h8-11,13,16H,12,14-15,30H2,1-7H3,(H,32,33);1H. The average molecular weight is 513 g/mol. The Morgan fingerprint density at radius 2 is 1.69 bits per heavy atom. The number of benzene rings is 2. The molecule has 0 amide bonds. The molecule has 0 aliphatic heterocycles. The molecular weight excluding hydrogens is 476 g/mol. The van der Waals surface area contributed by atoms with E-state index in [1.807, 2.05) is 20.8 Å². The Hall–Kier alpha value is -3.09. The van der Waals surface area contributed by atoms with Crippen molar-refractivity contribution in [1.82, 2.24) is 4.98 Å². The number of aromatic carboxylic acids is 1. The van der Waals surface area contributed by atoms with Gasteiger partial charge in [0.1, 0.15) is 12.2 Å². The highest BCUT2D eigenvalue weighted by Gasteiger charge is 2.24. The van der Waals surface area contributed by atoms with Crippen molar-refractivity contribution in [3.63, 3.8) is 0 Å². The monoisotopic (exact) mass is 512 g/mol. The van der Waals surface area contributed by atoms with Gasteiger partial charge in [-0.25, -0.2) is 4.79 Å². The second-order valence-corrected chi connectivity index (χ2v) is 9.47. The van der Waals surface area contributed by atoms with Crippen LogP contribution in [-0.2, 0) is 19.6 Å². The molecule has 194 valence electrons. The first-order valence-electron chi connectivity index (χ1n) is 11.9. The molecule has 3 rings (SSSR count). The Labute approximate surface area is 220 Å². The third kappa shape index (κ3) is 6.00. The largest absolute Gasteiger partial charge is 0.493 e. The molecule has 0 fully saturated rings. The molecule has 6 nitrogen and oxygen atoms in total. The number of aromatic nitrogens is 1. The van der Waals surface area contributed by atoms with Crippen molar-refractivity contribution in [3.05, 3.63) is 75.1 Å². The van der Waals surface area contributed by atoms with Crippen LogP contribution in [-0.4, -0.2) is 23.2 Å². The van der Waals surface area contributed by atoms with Crippen LogP contribution in [0.4, 0.5) is 0 Å². The average Bonchev–Trinajstić information content (AvgIpc) is 2.80. The number of nitrogens with two attached hydrogens (primary N) is 1. The minimum atomic E-state index is -1.06. The number of aryl methyl sites for hydroxylation is 3. The quantitative estimate of drug-likeness (QED) is 0.347. The van der Waals surface area contributed by atoms with Crippen LogP contribution in [0.25, 0.3) is 11.1 Å². The van der Waals surface area contributed by atoms with Gasteiger partial charge in [0.15, 0.2) is 11.5 Å². The lowest BCUT2D eigenvalue weighted by Gasteiger charge is -2.22. The number of pyridine rings is 1. The van der Waals surface area contributed by atoms with E-state index in [4.69, 9.17) is 20.2 Å². The molecule has 7 heteroatoms. The van der Waals surface area contributed by atoms with Crippen molar-refractivity contribution in [2.45, 2.75) is 61.1 Å². The van der Waals surface area contributed by atoms with Crippen molar-refractivity contribution in [2.24, 2.45) is 11.7 Å². The number of methoxy groups -OCH3 is 1. The van der Waals surface area contributed by atoms with Crippen LogP contribution < -0.4 is 15.2 Å². The summed E-state index contributed by atoms with van der Waals surface area (Å²) in [6.45, 7) is 12.6. The summed E-state index contributed by atoms with van der Waals surface area (Å²) in [6, 6.07) is 9.95. The fourth-order valence-corrected chi connectivity index (χ4v) is 4.42. The molecule has 1 aromatic heterocycles. The molecule has 0 bridgehead atoms. The van der Waals surface area contributed by atoms with E-state index in [1.165, 1.54) is 12.7 Å². The third-order valence-electron chi connectivity index (χ3n) is 6.38. The summed E-state index contributed by atoms with van der Waals surface area (Å²) in [5.74, 6) is 0.0151. The topological polar surface area (TPSA) is 94.7 Å². The lowest BCUT2D eigenvalue weighted by molar-refractivity contribution is 0.0690. The van der Waals surface area contributed by atoms with Crippen LogP contribution in [0.3, 0.4) is 0 Å². The van der Waals surface area contributed by atoms with Crippen LogP contribution >= 0.6 is 12.4 Å². The number of rotatable bonds is 9. The number of carbonyl (C=O) groups is 1. The molecule has 0 atom stereocenters. The molecule has 0 saturated carbocycles. The summed E-state index contributed by atoms with van der Waals surface area (Å²) in [5, 5.41) is 9.85. The van der Waals surface area contributed by atoms with Crippen molar-refractivity contribution in [1.29, 1.82) is 0 Å². The van der Waals surface area contributed by atoms with Gasteiger partial charge in [0.2, 0.25) is 0 Å². The maximum atomic E-state index is 12.0. The first kappa shape index (κ1) is 29.1. The van der Waals surface area contributed by atoms with Crippen LogP contribution in [0, 0.1) is 33.6 Å². The molecule has 0 aliphatic rings. The SMILES string of the molecule is COc1c(C)c(C)cc(C(=O)O)c1OCc1c(C)nc(CC(C)C)c(CN)c1-c1ccc(C)cc1.Cl. The smallest absolute Gasteiger partial charge is 0.339 e. The molecule has 0 aliphatic carbocycles. The lowest BCUT2D eigenvalue weighted by Crippen LogP contribution is -2.15. The highest BCUT2D eigenvalue weighted by atomic mass is 35.5. The zero-order valence-corrected chi connectivity index (χ0v) is 23.0. The first-order chi connectivity index (χ1) is 16.6. The summed E-state index contributed by atoms with van der Waals surface area (Å²) in [7, 11) is 1.53. The maximum Gasteiger partial charge on any atom is 0.339 e. The highest BCUT2D eigenvalue weighted by molar-refractivity contribution is 5.93. The van der Waals surface area contributed by atoms with E-state index in [1.54, 1.807) is 6.07 Å². The van der Waals surface area contributed by atoms with Gasteiger partial charge in [-0.2, -0.15) is 0 Å². The fraction of sp³-hybridized carbons (Fsp3) is 0.379. The summed E-state index contributed by atoms with van der Waals surface area (Å²) in [6.07, 6.45) is 0.821. The number of nitrogens with zero attached hydrogens (tertiary/aromatic N) is 1. The minimum Gasteiger partial charge on any atom is -0.493 e. The van der Waals surface area contributed by atoms with Crippen LogP contribution in [0.1, 0.15) is 63.4 Å². The summed E-state index contributed by atoms with van der Waals surface area (Å²) in [5.41, 5.74) is 15.0. The third-order valence-corrected chi connectivity index (χ3v) is 6.38. The zero-order valence-electron chi connectivity index (χ0n) is 22.2. The van der Waals surface area contributed by atoms with Crippen molar-refractivity contribution < 1.29 is 19.4 Å². The van der Waals surface area contributed by atoms with E-state index in [-0.39, 0.29) is 30.3 Å². The molecule has 3 N–H and O–H groups in total. The van der Waals surface area contributed by atoms with Gasteiger partial charge >= 0.3 is 5.97 Å². The number of halogens is 1. The number of carboxylic acids is 1. The van der Waals surface area contributed by atoms with Crippen LogP contribution in [0.5, 0.6) is 11.5 Å². The van der Waals surface area contributed by atoms with E-state index >= 15 is 0 Å². The summed E-state index contributed by atoms with van der Waals surface area (Å²) < 4.78 is 11.8. The molecule has 0 radical (unpaired) electrons. The number of hydrogen-bond acceptors (Lipinski definition) is 5. The highest BCUT2D eigenvalue weighted by Crippen LogP contribution is 2.39. The van der Waals surface area contributed by atoms with E-state index in [0.717, 1.165) is 51.2 Å². The van der Waals surface area contributed by atoms with E-state index < -0.39 is 5.97 Å². The van der Waals surface area contributed by atoms with Gasteiger partial charge in [0.05, 0.1) is 7.11 Å². The normalized spacial score (nSPS) is 10.8. The second kappa shape index (κ2) is 12.2. The molecule has 2 aromatic carbocycles. The minimum absolute atomic E-state index is 0. The van der Waals surface area contributed by atoms with Crippen molar-refractivity contribution >= 4 is 18.4 Å². The van der Waals surface area contributed by atoms with E-state index in [0.29, 0.717) is 18.2 Å². The second-order valence-electron chi connectivity index (χ2n) is 9.47. The van der Waals surface area contributed by atoms with Crippen LogP contribution in [0.15, 0.2) is 30.3 Å². The number of carboxylic acid groups (broad SMARTS) is 1. The molecule has 0 saturated heterocycles. The molecule has 0 spiro atoms. The fourth-order valence-electron chi connectivity index (χ4n) is 4.42. The lowest BCUT2D eigenvalue weighted by atomic mass is 9.90. The molecular formula is C29H37ClN2O4. The first-order valence-corrected chi connectivity index (χ1v) is 11.9. The van der Waals surface area contributed by atoms with E-state index in [2.05, 4.69) is 45.0 Å². The Bertz CT molecular complexity index is 1240. The van der Waals surface area contributed by atoms with Crippen LogP contribution in [0.2, 0.25) is 0 Å². The van der Waals surface area contributed by atoms with Gasteiger partial charge in [0.25, 0.3) is 0 Å². The predicted octanol–water partition coefficient (Wildman–Crippen LogP) is 6.35. The summed E-state index contributed by atoms with van der Waals surface area (Å²) >= 11 is 0. The molecule has 0 unspecified atom stereocenters. The Balaban J connectivity index is 0.00000456. The van der Waals surface area contributed by atoms with Gasteiger partial charge in [-0.15, -0.1) is 12.4 Å². The Kier molecular flexibility index (Phi) is 9.91. The Morgan fingerprint density at radius 1 is 1.06 bits per heavy atom.